The van der Waals surface area contributed by atoms with Crippen molar-refractivity contribution in [3.05, 3.63) is 24.1 Å². The van der Waals surface area contributed by atoms with Gasteiger partial charge in [0.25, 0.3) is 0 Å². The first-order chi connectivity index (χ1) is 10.2. The predicted molar refractivity (Wildman–Crippen MR) is 79.5 cm³/mol. The quantitative estimate of drug-likeness (QED) is 0.824. The Morgan fingerprint density at radius 1 is 1.29 bits per heavy atom. The molecular weight excluding hydrogens is 268 g/mol. The summed E-state index contributed by atoms with van der Waals surface area (Å²) in [5, 5.41) is 3.91. The summed E-state index contributed by atoms with van der Waals surface area (Å²) in [6.45, 7) is 4.76. The summed E-state index contributed by atoms with van der Waals surface area (Å²) >= 11 is 0. The minimum absolute atomic E-state index is 0.603. The zero-order chi connectivity index (χ0) is 14.7. The van der Waals surface area contributed by atoms with E-state index in [-0.39, 0.29) is 0 Å². The SMILES string of the molecule is Cc1nc(CCN(C)c2cc(N3CCCC3)ncn2)no1. The van der Waals surface area contributed by atoms with Crippen LogP contribution in [0.2, 0.25) is 0 Å². The van der Waals surface area contributed by atoms with Gasteiger partial charge in [0.05, 0.1) is 0 Å². The molecule has 2 aromatic heterocycles. The first-order valence-corrected chi connectivity index (χ1v) is 7.30. The number of rotatable bonds is 5. The Balaban J connectivity index is 1.63. The molecule has 0 amide bonds. The molecule has 0 spiro atoms. The number of nitrogens with zero attached hydrogens (tertiary/aromatic N) is 6. The Morgan fingerprint density at radius 2 is 2.10 bits per heavy atom. The highest BCUT2D eigenvalue weighted by atomic mass is 16.5. The van der Waals surface area contributed by atoms with Crippen LogP contribution in [0.15, 0.2) is 16.9 Å². The molecule has 0 aliphatic carbocycles. The molecule has 0 unspecified atom stereocenters. The average Bonchev–Trinajstić information content (AvgIpc) is 3.16. The van der Waals surface area contributed by atoms with E-state index >= 15 is 0 Å². The molecule has 1 aliphatic heterocycles. The Bertz CT molecular complexity index is 593. The van der Waals surface area contributed by atoms with Gasteiger partial charge in [0.15, 0.2) is 5.82 Å². The van der Waals surface area contributed by atoms with Crippen molar-refractivity contribution in [1.29, 1.82) is 0 Å². The molecular formula is C14H20N6O. The molecule has 112 valence electrons. The van der Waals surface area contributed by atoms with Gasteiger partial charge in [-0.25, -0.2) is 9.97 Å². The number of aryl methyl sites for hydroxylation is 1. The van der Waals surface area contributed by atoms with Crippen molar-refractivity contribution in [3.63, 3.8) is 0 Å². The molecule has 7 nitrogen and oxygen atoms in total. The van der Waals surface area contributed by atoms with Gasteiger partial charge in [-0.3, -0.25) is 0 Å². The Kier molecular flexibility index (Phi) is 3.98. The smallest absolute Gasteiger partial charge is 0.223 e. The third-order valence-electron chi connectivity index (χ3n) is 3.70. The molecule has 1 fully saturated rings. The largest absolute Gasteiger partial charge is 0.359 e. The van der Waals surface area contributed by atoms with Gasteiger partial charge in [-0.05, 0) is 12.8 Å². The summed E-state index contributed by atoms with van der Waals surface area (Å²) < 4.78 is 4.98. The fourth-order valence-electron chi connectivity index (χ4n) is 2.49. The van der Waals surface area contributed by atoms with E-state index < -0.39 is 0 Å². The Hall–Kier alpha value is -2.18. The maximum Gasteiger partial charge on any atom is 0.223 e. The number of hydrogen-bond donors (Lipinski definition) is 0. The van der Waals surface area contributed by atoms with Crippen molar-refractivity contribution in [1.82, 2.24) is 20.1 Å². The molecule has 3 rings (SSSR count). The number of anilines is 2. The van der Waals surface area contributed by atoms with Crippen molar-refractivity contribution in [2.24, 2.45) is 0 Å². The third-order valence-corrected chi connectivity index (χ3v) is 3.70. The van der Waals surface area contributed by atoms with E-state index in [1.54, 1.807) is 13.3 Å². The monoisotopic (exact) mass is 288 g/mol. The van der Waals surface area contributed by atoms with Crippen LogP contribution < -0.4 is 9.80 Å². The molecule has 0 N–H and O–H groups in total. The lowest BCUT2D eigenvalue weighted by Crippen LogP contribution is -2.24. The normalized spacial score (nSPS) is 14.7. The van der Waals surface area contributed by atoms with E-state index in [2.05, 4.69) is 29.9 Å². The summed E-state index contributed by atoms with van der Waals surface area (Å²) in [4.78, 5) is 17.3. The second-order valence-electron chi connectivity index (χ2n) is 5.33. The molecule has 0 bridgehead atoms. The first-order valence-electron chi connectivity index (χ1n) is 7.30. The lowest BCUT2D eigenvalue weighted by atomic mass is 10.3. The van der Waals surface area contributed by atoms with Crippen molar-refractivity contribution in [2.45, 2.75) is 26.2 Å². The maximum atomic E-state index is 4.98. The highest BCUT2D eigenvalue weighted by Gasteiger charge is 2.15. The van der Waals surface area contributed by atoms with Crippen LogP contribution in [0.1, 0.15) is 24.6 Å². The van der Waals surface area contributed by atoms with Gasteiger partial charge in [0.2, 0.25) is 5.89 Å². The van der Waals surface area contributed by atoms with Gasteiger partial charge in [0.1, 0.15) is 18.0 Å². The highest BCUT2D eigenvalue weighted by molar-refractivity contribution is 5.50. The standard InChI is InChI=1S/C14H20N6O/c1-11-17-12(18-21-11)5-8-19(2)13-9-14(16-10-15-13)20-6-3-4-7-20/h9-10H,3-8H2,1-2H3. The van der Waals surface area contributed by atoms with Gasteiger partial charge in [-0.2, -0.15) is 4.98 Å². The van der Waals surface area contributed by atoms with Gasteiger partial charge in [-0.15, -0.1) is 0 Å². The zero-order valence-corrected chi connectivity index (χ0v) is 12.5. The van der Waals surface area contributed by atoms with Crippen LogP contribution in [0, 0.1) is 6.92 Å². The van der Waals surface area contributed by atoms with Crippen LogP contribution in [0.3, 0.4) is 0 Å². The highest BCUT2D eigenvalue weighted by Crippen LogP contribution is 2.20. The van der Waals surface area contributed by atoms with E-state index in [4.69, 9.17) is 4.52 Å². The van der Waals surface area contributed by atoms with Crippen molar-refractivity contribution in [2.75, 3.05) is 36.5 Å². The van der Waals surface area contributed by atoms with E-state index in [9.17, 15) is 0 Å². The first kappa shape index (κ1) is 13.8. The minimum atomic E-state index is 0.603. The topological polar surface area (TPSA) is 71.2 Å². The molecule has 0 aromatic carbocycles. The van der Waals surface area contributed by atoms with Gasteiger partial charge < -0.3 is 14.3 Å². The average molecular weight is 288 g/mol. The van der Waals surface area contributed by atoms with E-state index in [0.717, 1.165) is 43.5 Å². The summed E-state index contributed by atoms with van der Waals surface area (Å²) in [6, 6.07) is 2.05. The van der Waals surface area contributed by atoms with Crippen LogP contribution in [0.5, 0.6) is 0 Å². The summed E-state index contributed by atoms with van der Waals surface area (Å²) in [7, 11) is 2.02. The van der Waals surface area contributed by atoms with Crippen LogP contribution >= 0.6 is 0 Å². The van der Waals surface area contributed by atoms with Gasteiger partial charge in [0, 0.05) is 46.1 Å². The Morgan fingerprint density at radius 3 is 2.81 bits per heavy atom. The molecule has 1 aliphatic rings. The number of likely N-dealkylation sites (N-methyl/N-ethyl adjacent to an activating group) is 1. The molecule has 21 heavy (non-hydrogen) atoms. The van der Waals surface area contributed by atoms with Crippen molar-refractivity contribution < 1.29 is 4.52 Å². The third kappa shape index (κ3) is 3.29. The molecule has 0 saturated carbocycles. The summed E-state index contributed by atoms with van der Waals surface area (Å²) in [5.74, 6) is 3.27. The number of hydrogen-bond acceptors (Lipinski definition) is 7. The Labute approximate surface area is 124 Å². The maximum absolute atomic E-state index is 4.98. The van der Waals surface area contributed by atoms with E-state index in [1.165, 1.54) is 12.8 Å². The molecule has 0 radical (unpaired) electrons. The lowest BCUT2D eigenvalue weighted by Gasteiger charge is -2.20. The summed E-state index contributed by atoms with van der Waals surface area (Å²) in [5.41, 5.74) is 0. The van der Waals surface area contributed by atoms with Crippen molar-refractivity contribution in [3.8, 4) is 0 Å². The van der Waals surface area contributed by atoms with E-state index in [0.29, 0.717) is 5.89 Å². The van der Waals surface area contributed by atoms with Crippen LogP contribution in [-0.2, 0) is 6.42 Å². The van der Waals surface area contributed by atoms with Crippen molar-refractivity contribution >= 4 is 11.6 Å². The fraction of sp³-hybridized carbons (Fsp3) is 0.571. The molecule has 0 atom stereocenters. The molecule has 7 heteroatoms. The van der Waals surface area contributed by atoms with Crippen LogP contribution in [0.25, 0.3) is 0 Å². The van der Waals surface area contributed by atoms with Gasteiger partial charge in [-0.1, -0.05) is 5.16 Å². The summed E-state index contributed by atoms with van der Waals surface area (Å²) in [6.07, 6.45) is 4.85. The second-order valence-corrected chi connectivity index (χ2v) is 5.33. The fourth-order valence-corrected chi connectivity index (χ4v) is 2.49. The van der Waals surface area contributed by atoms with Crippen LogP contribution in [-0.4, -0.2) is 46.8 Å². The minimum Gasteiger partial charge on any atom is -0.359 e. The molecule has 3 heterocycles. The lowest BCUT2D eigenvalue weighted by molar-refractivity contribution is 0.387. The molecule has 2 aromatic rings. The van der Waals surface area contributed by atoms with Gasteiger partial charge >= 0.3 is 0 Å². The predicted octanol–water partition coefficient (Wildman–Crippen LogP) is 1.45. The number of aromatic nitrogens is 4. The van der Waals surface area contributed by atoms with E-state index in [1.807, 2.05) is 13.1 Å². The zero-order valence-electron chi connectivity index (χ0n) is 12.5. The molecule has 1 saturated heterocycles. The second kappa shape index (κ2) is 6.07. The van der Waals surface area contributed by atoms with Crippen LogP contribution in [0.4, 0.5) is 11.6 Å².